The fraction of sp³-hybridized carbons (Fsp3) is 0.0182. The summed E-state index contributed by atoms with van der Waals surface area (Å²) < 4.78 is 50.1. The number of benzene rings is 9. The van der Waals surface area contributed by atoms with Crippen LogP contribution in [0.4, 0.5) is 34.1 Å². The summed E-state index contributed by atoms with van der Waals surface area (Å²) in [6.45, 7) is 0. The minimum absolute atomic E-state index is 0.0933. The molecule has 0 radical (unpaired) electrons. The third-order valence-corrected chi connectivity index (χ3v) is 11.9. The molecule has 0 fully saturated rings. The predicted octanol–water partition coefficient (Wildman–Crippen LogP) is 14.9. The highest BCUT2D eigenvalue weighted by molar-refractivity contribution is 6.13. The molecule has 2 aliphatic carbocycles. The van der Waals surface area contributed by atoms with Crippen molar-refractivity contribution in [2.24, 2.45) is 0 Å². The van der Waals surface area contributed by atoms with Crippen LogP contribution in [0.1, 0.15) is 29.1 Å². The van der Waals surface area contributed by atoms with Gasteiger partial charge in [0.1, 0.15) is 11.2 Å². The summed E-state index contributed by atoms with van der Waals surface area (Å²) in [4.78, 5) is 4.13. The first kappa shape index (κ1) is 27.9. The van der Waals surface area contributed by atoms with Crippen LogP contribution in [0.5, 0.6) is 0 Å². The van der Waals surface area contributed by atoms with E-state index in [1.165, 1.54) is 11.1 Å². The molecule has 0 amide bonds. The molecule has 272 valence electrons. The number of fused-ring (bicyclic) bond motifs is 13. The standard InChI is InChI=1S/C55H36N2O/c1-4-17-37(18-5-1)56(38-19-6-2-7-20-38)40-32-34-49-46(35-40)43-24-11-14-27-48(43)55(49)47-26-13-10-23-42(47)44-33-31-41(36-50(44)55)57(39-21-8-3-9-22-39)51-28-16-30-53-54(51)45-25-12-15-29-52(45)58-53/h1-36H/i1D,4D,5D,17D,18D. The molecule has 0 N–H and O–H groups in total. The lowest BCUT2D eigenvalue weighted by Crippen LogP contribution is -2.26. The highest BCUT2D eigenvalue weighted by Crippen LogP contribution is 2.64. The molecule has 1 spiro atoms. The Labute approximate surface area is 344 Å². The minimum atomic E-state index is -0.697. The van der Waals surface area contributed by atoms with Crippen molar-refractivity contribution < 1.29 is 11.3 Å². The normalized spacial score (nSPS) is 15.8. The van der Waals surface area contributed by atoms with Crippen molar-refractivity contribution in [3.63, 3.8) is 0 Å². The maximum Gasteiger partial charge on any atom is 0.137 e. The third kappa shape index (κ3) is 4.62. The van der Waals surface area contributed by atoms with Crippen LogP contribution in [-0.2, 0) is 5.41 Å². The average Bonchev–Trinajstić information content (AvgIpc) is 3.96. The second-order valence-electron chi connectivity index (χ2n) is 14.9. The number of hydrogen-bond donors (Lipinski definition) is 0. The number of furan rings is 1. The quantitative estimate of drug-likeness (QED) is 0.169. The van der Waals surface area contributed by atoms with Crippen molar-refractivity contribution in [3.05, 3.63) is 241 Å². The Morgan fingerprint density at radius 2 is 0.948 bits per heavy atom. The van der Waals surface area contributed by atoms with Crippen LogP contribution in [0.25, 0.3) is 44.2 Å². The van der Waals surface area contributed by atoms with Gasteiger partial charge in [0, 0.05) is 33.8 Å². The van der Waals surface area contributed by atoms with Gasteiger partial charge in [0.15, 0.2) is 0 Å². The van der Waals surface area contributed by atoms with E-state index in [2.05, 4.69) is 132 Å². The molecule has 0 bridgehead atoms. The van der Waals surface area contributed by atoms with Gasteiger partial charge in [0.05, 0.1) is 23.3 Å². The van der Waals surface area contributed by atoms with Gasteiger partial charge in [-0.2, -0.15) is 0 Å². The van der Waals surface area contributed by atoms with Gasteiger partial charge in [-0.3, -0.25) is 0 Å². The van der Waals surface area contributed by atoms with Crippen LogP contribution in [0, 0.1) is 0 Å². The van der Waals surface area contributed by atoms with Crippen LogP contribution in [-0.4, -0.2) is 0 Å². The van der Waals surface area contributed by atoms with Gasteiger partial charge in [-0.15, -0.1) is 0 Å². The Morgan fingerprint density at radius 1 is 0.379 bits per heavy atom. The smallest absolute Gasteiger partial charge is 0.137 e. The summed E-state index contributed by atoms with van der Waals surface area (Å²) >= 11 is 0. The van der Waals surface area contributed by atoms with Crippen molar-refractivity contribution in [2.45, 2.75) is 5.41 Å². The number of anilines is 6. The van der Waals surface area contributed by atoms with Gasteiger partial charge in [-0.1, -0.05) is 139 Å². The number of para-hydroxylation sites is 4. The minimum Gasteiger partial charge on any atom is -0.456 e. The van der Waals surface area contributed by atoms with E-state index in [0.717, 1.165) is 72.4 Å². The summed E-state index contributed by atoms with van der Waals surface area (Å²) in [5.41, 5.74) is 14.5. The first-order chi connectivity index (χ1) is 30.9. The predicted molar refractivity (Wildman–Crippen MR) is 239 cm³/mol. The molecule has 3 heteroatoms. The maximum atomic E-state index is 9.06. The fourth-order valence-corrected chi connectivity index (χ4v) is 9.68. The summed E-state index contributed by atoms with van der Waals surface area (Å²) in [6, 6.07) is 63.3. The highest BCUT2D eigenvalue weighted by Gasteiger charge is 2.52. The summed E-state index contributed by atoms with van der Waals surface area (Å²) in [7, 11) is 0. The highest BCUT2D eigenvalue weighted by atomic mass is 16.3. The lowest BCUT2D eigenvalue weighted by Gasteiger charge is -2.32. The largest absolute Gasteiger partial charge is 0.456 e. The maximum absolute atomic E-state index is 9.06. The Morgan fingerprint density at radius 3 is 1.71 bits per heavy atom. The Hall–Kier alpha value is -7.62. The Kier molecular flexibility index (Phi) is 6.11. The van der Waals surface area contributed by atoms with Gasteiger partial charge in [-0.05, 0) is 123 Å². The molecule has 1 unspecified atom stereocenters. The SMILES string of the molecule is [2H]c1c([2H])c([2H])c(N(c2ccccc2)c2ccc3c(c2)-c2ccccc2C32c3ccccc3-c3ccc(N(c4ccccc4)c4cccc5oc6ccccc6c45)cc32)c([2H])c1[2H]. The molecule has 12 rings (SSSR count). The molecule has 1 heterocycles. The number of nitrogens with zero attached hydrogens (tertiary/aromatic N) is 2. The van der Waals surface area contributed by atoms with Gasteiger partial charge in [0.25, 0.3) is 0 Å². The van der Waals surface area contributed by atoms with E-state index in [9.17, 15) is 0 Å². The van der Waals surface area contributed by atoms with Gasteiger partial charge < -0.3 is 14.2 Å². The first-order valence-corrected chi connectivity index (χ1v) is 19.5. The zero-order valence-corrected chi connectivity index (χ0v) is 31.2. The van der Waals surface area contributed by atoms with Crippen molar-refractivity contribution >= 4 is 56.1 Å². The van der Waals surface area contributed by atoms with Crippen molar-refractivity contribution in [3.8, 4) is 22.3 Å². The molecular formula is C55H36N2O. The Bertz CT molecular complexity index is 3470. The topological polar surface area (TPSA) is 19.6 Å². The van der Waals surface area contributed by atoms with E-state index in [1.807, 2.05) is 60.7 Å². The molecule has 9 aromatic carbocycles. The molecule has 0 saturated carbocycles. The van der Waals surface area contributed by atoms with Crippen molar-refractivity contribution in [1.29, 1.82) is 0 Å². The van der Waals surface area contributed by atoms with E-state index < -0.39 is 11.5 Å². The van der Waals surface area contributed by atoms with E-state index in [4.69, 9.17) is 11.3 Å². The molecule has 0 saturated heterocycles. The molecule has 0 aliphatic heterocycles. The van der Waals surface area contributed by atoms with E-state index >= 15 is 0 Å². The summed E-state index contributed by atoms with van der Waals surface area (Å²) in [6.07, 6.45) is 0. The van der Waals surface area contributed by atoms with Gasteiger partial charge >= 0.3 is 0 Å². The second kappa shape index (κ2) is 12.7. The summed E-state index contributed by atoms with van der Waals surface area (Å²) in [5.74, 6) is 0. The van der Waals surface area contributed by atoms with Gasteiger partial charge in [-0.25, -0.2) is 0 Å². The zero-order chi connectivity index (χ0) is 42.6. The average molecular weight is 746 g/mol. The van der Waals surface area contributed by atoms with Crippen molar-refractivity contribution in [1.82, 2.24) is 0 Å². The number of rotatable bonds is 6. The van der Waals surface area contributed by atoms with Crippen LogP contribution < -0.4 is 9.80 Å². The van der Waals surface area contributed by atoms with Crippen LogP contribution in [0.15, 0.2) is 223 Å². The van der Waals surface area contributed by atoms with Crippen LogP contribution in [0.3, 0.4) is 0 Å². The van der Waals surface area contributed by atoms with Crippen LogP contribution >= 0.6 is 0 Å². The third-order valence-electron chi connectivity index (χ3n) is 11.9. The lowest BCUT2D eigenvalue weighted by atomic mass is 9.70. The molecular weight excluding hydrogens is 705 g/mol. The second-order valence-corrected chi connectivity index (χ2v) is 14.9. The van der Waals surface area contributed by atoms with Crippen molar-refractivity contribution in [2.75, 3.05) is 9.80 Å². The summed E-state index contributed by atoms with van der Waals surface area (Å²) in [5, 5.41) is 2.10. The molecule has 3 nitrogen and oxygen atoms in total. The monoisotopic (exact) mass is 745 g/mol. The van der Waals surface area contributed by atoms with Gasteiger partial charge in [0.2, 0.25) is 0 Å². The van der Waals surface area contributed by atoms with E-state index in [0.29, 0.717) is 11.4 Å². The molecule has 1 aromatic heterocycles. The molecule has 58 heavy (non-hydrogen) atoms. The molecule has 10 aromatic rings. The lowest BCUT2D eigenvalue weighted by molar-refractivity contribution is 0.669. The molecule has 2 aliphatic rings. The Balaban J connectivity index is 1.12. The fourth-order valence-electron chi connectivity index (χ4n) is 9.68. The zero-order valence-electron chi connectivity index (χ0n) is 36.2. The van der Waals surface area contributed by atoms with E-state index in [-0.39, 0.29) is 29.9 Å². The van der Waals surface area contributed by atoms with E-state index in [1.54, 1.807) is 4.90 Å². The molecule has 1 atom stereocenters. The van der Waals surface area contributed by atoms with Crippen LogP contribution in [0.2, 0.25) is 0 Å². The number of hydrogen-bond acceptors (Lipinski definition) is 3. The first-order valence-electron chi connectivity index (χ1n) is 22.0.